The van der Waals surface area contributed by atoms with E-state index >= 15 is 0 Å². The van der Waals surface area contributed by atoms with Gasteiger partial charge in [-0.1, -0.05) is 32.4 Å². The number of phenols is 1. The zero-order valence-corrected chi connectivity index (χ0v) is 11.7. The lowest BCUT2D eigenvalue weighted by molar-refractivity contribution is 0.308. The van der Waals surface area contributed by atoms with E-state index < -0.39 is 11.9 Å². The van der Waals surface area contributed by atoms with Crippen LogP contribution >= 0.6 is 27.5 Å². The van der Waals surface area contributed by atoms with Gasteiger partial charge in [-0.3, -0.25) is 0 Å². The van der Waals surface area contributed by atoms with Crippen molar-refractivity contribution in [2.45, 2.75) is 26.8 Å². The summed E-state index contributed by atoms with van der Waals surface area (Å²) in [6, 6.07) is 0.674. The third-order valence-corrected chi connectivity index (χ3v) is 3.29. The number of aromatic hydroxyl groups is 1. The van der Waals surface area contributed by atoms with Crippen molar-refractivity contribution in [1.29, 1.82) is 0 Å². The Kier molecular flexibility index (Phi) is 3.87. The van der Waals surface area contributed by atoms with E-state index in [0.29, 0.717) is 0 Å². The van der Waals surface area contributed by atoms with Crippen LogP contribution in [0.5, 0.6) is 5.75 Å². The molecule has 0 fully saturated rings. The third-order valence-electron chi connectivity index (χ3n) is 2.42. The van der Waals surface area contributed by atoms with E-state index in [9.17, 15) is 9.50 Å². The molecule has 1 unspecified atom stereocenters. The lowest BCUT2D eigenvalue weighted by Gasteiger charge is -2.28. The largest absolute Gasteiger partial charge is 0.506 e. The van der Waals surface area contributed by atoms with Gasteiger partial charge in [0.15, 0.2) is 0 Å². The van der Waals surface area contributed by atoms with Gasteiger partial charge in [-0.15, -0.1) is 0 Å². The van der Waals surface area contributed by atoms with Crippen LogP contribution in [-0.4, -0.2) is 5.11 Å². The third kappa shape index (κ3) is 2.50. The molecule has 0 aliphatic carbocycles. The number of nitrogens with two attached hydrogens (primary N) is 1. The van der Waals surface area contributed by atoms with Gasteiger partial charge >= 0.3 is 0 Å². The number of rotatable bonds is 1. The predicted octanol–water partition coefficient (Wildman–Crippen LogP) is 3.99. The molecular weight excluding hydrogens is 296 g/mol. The number of halogens is 3. The molecule has 1 rings (SSSR count). The van der Waals surface area contributed by atoms with Crippen LogP contribution in [0.3, 0.4) is 0 Å². The van der Waals surface area contributed by atoms with Gasteiger partial charge in [-0.25, -0.2) is 4.39 Å². The first-order chi connectivity index (χ1) is 7.16. The van der Waals surface area contributed by atoms with E-state index in [1.165, 1.54) is 6.07 Å². The summed E-state index contributed by atoms with van der Waals surface area (Å²) in [4.78, 5) is 0. The summed E-state index contributed by atoms with van der Waals surface area (Å²) < 4.78 is 14.1. The maximum atomic E-state index is 13.9. The van der Waals surface area contributed by atoms with Crippen molar-refractivity contribution >= 4 is 27.5 Å². The molecule has 0 amide bonds. The highest BCUT2D eigenvalue weighted by atomic mass is 79.9. The van der Waals surface area contributed by atoms with E-state index in [2.05, 4.69) is 15.9 Å². The molecule has 0 aliphatic heterocycles. The van der Waals surface area contributed by atoms with Gasteiger partial charge in [-0.2, -0.15) is 0 Å². The SMILES string of the molecule is CC(C)(C)C(N)c1c(O)c(Cl)cc(Br)c1F. The van der Waals surface area contributed by atoms with Crippen LogP contribution in [0.25, 0.3) is 0 Å². The van der Waals surface area contributed by atoms with Crippen LogP contribution in [-0.2, 0) is 0 Å². The zero-order valence-electron chi connectivity index (χ0n) is 9.31. The molecule has 16 heavy (non-hydrogen) atoms. The van der Waals surface area contributed by atoms with Gasteiger partial charge in [0.25, 0.3) is 0 Å². The fraction of sp³-hybridized carbons (Fsp3) is 0.455. The Morgan fingerprint density at radius 2 is 2.00 bits per heavy atom. The van der Waals surface area contributed by atoms with Crippen LogP contribution in [0.1, 0.15) is 32.4 Å². The Morgan fingerprint density at radius 1 is 1.50 bits per heavy atom. The number of hydrogen-bond donors (Lipinski definition) is 2. The van der Waals surface area contributed by atoms with Crippen molar-refractivity contribution in [3.63, 3.8) is 0 Å². The second kappa shape index (κ2) is 4.51. The number of benzene rings is 1. The van der Waals surface area contributed by atoms with E-state index in [0.717, 1.165) is 0 Å². The first kappa shape index (κ1) is 13.7. The highest BCUT2D eigenvalue weighted by Gasteiger charge is 2.29. The minimum Gasteiger partial charge on any atom is -0.506 e. The smallest absolute Gasteiger partial charge is 0.145 e. The summed E-state index contributed by atoms with van der Waals surface area (Å²) in [5.41, 5.74) is 5.61. The van der Waals surface area contributed by atoms with Gasteiger partial charge in [0.2, 0.25) is 0 Å². The van der Waals surface area contributed by atoms with E-state index in [1.807, 2.05) is 20.8 Å². The summed E-state index contributed by atoms with van der Waals surface area (Å²) in [5, 5.41) is 9.85. The van der Waals surface area contributed by atoms with E-state index in [4.69, 9.17) is 17.3 Å². The second-order valence-corrected chi connectivity index (χ2v) is 6.02. The molecule has 0 heterocycles. The van der Waals surface area contributed by atoms with Crippen molar-refractivity contribution in [3.8, 4) is 5.75 Å². The molecule has 0 spiro atoms. The van der Waals surface area contributed by atoms with Crippen molar-refractivity contribution in [2.75, 3.05) is 0 Å². The average molecular weight is 311 g/mol. The van der Waals surface area contributed by atoms with Gasteiger partial charge in [0, 0.05) is 11.6 Å². The summed E-state index contributed by atoms with van der Waals surface area (Å²) >= 11 is 8.82. The fourth-order valence-corrected chi connectivity index (χ4v) is 2.11. The van der Waals surface area contributed by atoms with Crippen molar-refractivity contribution in [2.24, 2.45) is 11.1 Å². The van der Waals surface area contributed by atoms with Crippen molar-refractivity contribution < 1.29 is 9.50 Å². The molecule has 0 aromatic heterocycles. The van der Waals surface area contributed by atoms with Crippen molar-refractivity contribution in [3.05, 3.63) is 26.9 Å². The van der Waals surface area contributed by atoms with Crippen molar-refractivity contribution in [1.82, 2.24) is 0 Å². The molecule has 0 saturated heterocycles. The molecule has 0 aliphatic rings. The Balaban J connectivity index is 3.44. The highest BCUT2D eigenvalue weighted by Crippen LogP contribution is 2.42. The van der Waals surface area contributed by atoms with E-state index in [1.54, 1.807) is 0 Å². The normalized spacial score (nSPS) is 13.9. The van der Waals surface area contributed by atoms with Gasteiger partial charge in [-0.05, 0) is 27.4 Å². The standard InChI is InChI=1S/C11H14BrClFNO/c1-11(2,3)10(15)7-8(14)5(12)4-6(13)9(7)16/h4,10,16H,15H2,1-3H3. The maximum absolute atomic E-state index is 13.9. The van der Waals surface area contributed by atoms with Crippen LogP contribution in [0.4, 0.5) is 4.39 Å². The average Bonchev–Trinajstić information content (AvgIpc) is 2.13. The van der Waals surface area contributed by atoms with Crippen LogP contribution in [0, 0.1) is 11.2 Å². The summed E-state index contributed by atoms with van der Waals surface area (Å²) in [6.07, 6.45) is 0. The molecular formula is C11H14BrClFNO. The Morgan fingerprint density at radius 3 is 2.44 bits per heavy atom. The lowest BCUT2D eigenvalue weighted by Crippen LogP contribution is -2.27. The lowest BCUT2D eigenvalue weighted by atomic mass is 9.82. The quantitative estimate of drug-likeness (QED) is 0.770. The molecule has 1 aromatic carbocycles. The highest BCUT2D eigenvalue weighted by molar-refractivity contribution is 9.10. The van der Waals surface area contributed by atoms with Crippen LogP contribution < -0.4 is 5.73 Å². The number of phenolic OH excluding ortho intramolecular Hbond substituents is 1. The zero-order chi connectivity index (χ0) is 12.7. The Bertz CT molecular complexity index is 391. The minimum absolute atomic E-state index is 0.0480. The predicted molar refractivity (Wildman–Crippen MR) is 67.2 cm³/mol. The first-order valence-electron chi connectivity index (χ1n) is 4.78. The fourth-order valence-electron chi connectivity index (χ4n) is 1.32. The molecule has 2 nitrogen and oxygen atoms in total. The molecule has 1 atom stereocenters. The molecule has 3 N–H and O–H groups in total. The van der Waals surface area contributed by atoms with E-state index in [-0.39, 0.29) is 26.2 Å². The molecule has 0 bridgehead atoms. The Labute approximate surface area is 108 Å². The topological polar surface area (TPSA) is 46.2 Å². The first-order valence-corrected chi connectivity index (χ1v) is 5.95. The molecule has 1 aromatic rings. The van der Waals surface area contributed by atoms with Gasteiger partial charge in [0.05, 0.1) is 9.50 Å². The second-order valence-electron chi connectivity index (χ2n) is 4.76. The van der Waals surface area contributed by atoms with Gasteiger partial charge in [0.1, 0.15) is 11.6 Å². The van der Waals surface area contributed by atoms with Crippen LogP contribution in [0.15, 0.2) is 10.5 Å². The van der Waals surface area contributed by atoms with Crippen LogP contribution in [0.2, 0.25) is 5.02 Å². The molecule has 5 heteroatoms. The van der Waals surface area contributed by atoms with Gasteiger partial charge < -0.3 is 10.8 Å². The molecule has 90 valence electrons. The number of hydrogen-bond acceptors (Lipinski definition) is 2. The minimum atomic E-state index is -0.637. The summed E-state index contributed by atoms with van der Waals surface area (Å²) in [7, 11) is 0. The molecule has 0 saturated carbocycles. The maximum Gasteiger partial charge on any atom is 0.145 e. The summed E-state index contributed by atoms with van der Waals surface area (Å²) in [6.45, 7) is 5.60. The summed E-state index contributed by atoms with van der Waals surface area (Å²) in [5.74, 6) is -0.853. The Hall–Kier alpha value is -0.320. The molecule has 0 radical (unpaired) electrons. The monoisotopic (exact) mass is 309 g/mol.